The van der Waals surface area contributed by atoms with Gasteiger partial charge in [0.05, 0.1) is 0 Å². The number of amides is 1. The molecule has 10 heavy (non-hydrogen) atoms. The third kappa shape index (κ3) is 5.10. The van der Waals surface area contributed by atoms with Gasteiger partial charge in [-0.3, -0.25) is 10.0 Å². The molecule has 58 valence electrons. The number of allylic oxidation sites excluding steroid dienone is 1. The zero-order valence-electron chi connectivity index (χ0n) is 4.64. The number of hydroxylamine groups is 1. The summed E-state index contributed by atoms with van der Waals surface area (Å²) in [4.78, 5) is 9.91. The molecule has 0 aromatic rings. The Morgan fingerprint density at radius 1 is 1.50 bits per heavy atom. The van der Waals surface area contributed by atoms with E-state index in [0.717, 1.165) is 5.48 Å². The van der Waals surface area contributed by atoms with E-state index in [9.17, 15) is 18.0 Å². The number of halogens is 3. The molecule has 0 bridgehead atoms. The van der Waals surface area contributed by atoms with Crippen molar-refractivity contribution in [3.8, 4) is 0 Å². The maximum atomic E-state index is 11.2. The molecule has 0 aliphatic carbocycles. The number of rotatable bonds is 1. The quantitative estimate of drug-likeness (QED) is 0.331. The van der Waals surface area contributed by atoms with Crippen molar-refractivity contribution in [2.75, 3.05) is 0 Å². The molecular weight excluding hydrogens is 151 g/mol. The Morgan fingerprint density at radius 3 is 2.30 bits per heavy atom. The molecule has 0 aromatic heterocycles. The fourth-order valence-corrected chi connectivity index (χ4v) is 0.207. The molecule has 0 aromatic carbocycles. The van der Waals surface area contributed by atoms with Crippen LogP contribution in [0.4, 0.5) is 13.2 Å². The van der Waals surface area contributed by atoms with E-state index in [1.807, 2.05) is 0 Å². The maximum absolute atomic E-state index is 11.2. The third-order valence-corrected chi connectivity index (χ3v) is 0.534. The van der Waals surface area contributed by atoms with E-state index < -0.39 is 12.1 Å². The Balaban J connectivity index is 3.88. The molecule has 0 heterocycles. The average Bonchev–Trinajstić information content (AvgIpc) is 1.81. The molecule has 0 aliphatic rings. The predicted octanol–water partition coefficient (Wildman–Crippen LogP) is 0.610. The Morgan fingerprint density at radius 2 is 2.00 bits per heavy atom. The van der Waals surface area contributed by atoms with Crippen LogP contribution in [-0.4, -0.2) is 17.3 Å². The van der Waals surface area contributed by atoms with Crippen LogP contribution >= 0.6 is 0 Å². The van der Waals surface area contributed by atoms with Gasteiger partial charge in [0.15, 0.2) is 0 Å². The van der Waals surface area contributed by atoms with Crippen LogP contribution in [0.15, 0.2) is 12.2 Å². The van der Waals surface area contributed by atoms with Crippen LogP contribution in [-0.2, 0) is 4.79 Å². The molecule has 3 nitrogen and oxygen atoms in total. The summed E-state index contributed by atoms with van der Waals surface area (Å²) in [7, 11) is 0. The van der Waals surface area contributed by atoms with Crippen LogP contribution in [0.5, 0.6) is 0 Å². The van der Waals surface area contributed by atoms with Gasteiger partial charge in [-0.25, -0.2) is 5.48 Å². The highest BCUT2D eigenvalue weighted by molar-refractivity contribution is 5.86. The van der Waals surface area contributed by atoms with Gasteiger partial charge in [-0.15, -0.1) is 0 Å². The summed E-state index contributed by atoms with van der Waals surface area (Å²) in [6.07, 6.45) is -4.62. The van der Waals surface area contributed by atoms with Gasteiger partial charge in [0.2, 0.25) is 0 Å². The van der Waals surface area contributed by atoms with Gasteiger partial charge < -0.3 is 0 Å². The van der Waals surface area contributed by atoms with Crippen molar-refractivity contribution in [3.63, 3.8) is 0 Å². The Labute approximate surface area is 54.1 Å². The van der Waals surface area contributed by atoms with Crippen LogP contribution < -0.4 is 5.48 Å². The van der Waals surface area contributed by atoms with Crippen molar-refractivity contribution < 1.29 is 23.2 Å². The van der Waals surface area contributed by atoms with Crippen LogP contribution in [0.1, 0.15) is 0 Å². The lowest BCUT2D eigenvalue weighted by atomic mass is 10.5. The molecule has 6 heteroatoms. The molecule has 1 amide bonds. The van der Waals surface area contributed by atoms with Crippen LogP contribution in [0.3, 0.4) is 0 Å². The average molecular weight is 155 g/mol. The van der Waals surface area contributed by atoms with E-state index in [1.54, 1.807) is 0 Å². The van der Waals surface area contributed by atoms with Crippen molar-refractivity contribution in [1.29, 1.82) is 0 Å². The molecule has 2 N–H and O–H groups in total. The molecule has 0 rings (SSSR count). The fourth-order valence-electron chi connectivity index (χ4n) is 0.207. The monoisotopic (exact) mass is 155 g/mol. The summed E-state index contributed by atoms with van der Waals surface area (Å²) in [5, 5.41) is 7.71. The number of carbonyl (C=O) groups excluding carboxylic acids is 1. The largest absolute Gasteiger partial charge is 0.409 e. The molecule has 0 unspecified atom stereocenters. The zero-order chi connectivity index (χ0) is 8.20. The van der Waals surface area contributed by atoms with E-state index >= 15 is 0 Å². The SMILES string of the molecule is O=C(C=CC(F)(F)F)NO. The molecule has 0 aliphatic heterocycles. The summed E-state index contributed by atoms with van der Waals surface area (Å²) < 4.78 is 33.6. The highest BCUT2D eigenvalue weighted by Gasteiger charge is 2.22. The lowest BCUT2D eigenvalue weighted by molar-refractivity contribution is -0.124. The molecule has 0 fully saturated rings. The molecule has 0 spiro atoms. The molecule has 0 radical (unpaired) electrons. The van der Waals surface area contributed by atoms with Crippen molar-refractivity contribution in [1.82, 2.24) is 5.48 Å². The summed E-state index contributed by atoms with van der Waals surface area (Å²) in [6.45, 7) is 0. The van der Waals surface area contributed by atoms with E-state index in [4.69, 9.17) is 5.21 Å². The minimum atomic E-state index is -4.52. The second-order valence-corrected chi connectivity index (χ2v) is 1.35. The van der Waals surface area contributed by atoms with Crippen LogP contribution in [0, 0.1) is 0 Å². The first-order valence-electron chi connectivity index (χ1n) is 2.16. The van der Waals surface area contributed by atoms with Gasteiger partial charge in [0.25, 0.3) is 5.91 Å². The van der Waals surface area contributed by atoms with E-state index in [-0.39, 0.29) is 12.2 Å². The van der Waals surface area contributed by atoms with Gasteiger partial charge in [-0.1, -0.05) is 0 Å². The van der Waals surface area contributed by atoms with Crippen molar-refractivity contribution in [2.45, 2.75) is 6.18 Å². The van der Waals surface area contributed by atoms with Gasteiger partial charge in [-0.05, 0) is 0 Å². The fraction of sp³-hybridized carbons (Fsp3) is 0.250. The lowest BCUT2D eigenvalue weighted by Crippen LogP contribution is -2.16. The van der Waals surface area contributed by atoms with Crippen molar-refractivity contribution in [3.05, 3.63) is 12.2 Å². The Hall–Kier alpha value is -1.04. The van der Waals surface area contributed by atoms with Crippen molar-refractivity contribution in [2.24, 2.45) is 0 Å². The number of alkyl halides is 3. The highest BCUT2D eigenvalue weighted by Crippen LogP contribution is 2.15. The van der Waals surface area contributed by atoms with E-state index in [1.165, 1.54) is 0 Å². The van der Waals surface area contributed by atoms with Gasteiger partial charge in [-0.2, -0.15) is 13.2 Å². The van der Waals surface area contributed by atoms with Gasteiger partial charge in [0.1, 0.15) is 0 Å². The van der Waals surface area contributed by atoms with Gasteiger partial charge in [0, 0.05) is 12.2 Å². The van der Waals surface area contributed by atoms with Crippen LogP contribution in [0.2, 0.25) is 0 Å². The second kappa shape index (κ2) is 3.21. The Bertz CT molecular complexity index is 151. The predicted molar refractivity (Wildman–Crippen MR) is 25.1 cm³/mol. The molecular formula is C4H4F3NO2. The number of carbonyl (C=O) groups is 1. The molecule has 0 saturated carbocycles. The minimum absolute atomic E-state index is 0.181. The highest BCUT2D eigenvalue weighted by atomic mass is 19.4. The smallest absolute Gasteiger partial charge is 0.288 e. The normalized spacial score (nSPS) is 12.0. The second-order valence-electron chi connectivity index (χ2n) is 1.35. The topological polar surface area (TPSA) is 49.3 Å². The molecule has 0 atom stereocenters. The summed E-state index contributed by atoms with van der Waals surface area (Å²) >= 11 is 0. The first-order chi connectivity index (χ1) is 4.45. The summed E-state index contributed by atoms with van der Waals surface area (Å²) in [6, 6.07) is 0. The first-order valence-corrected chi connectivity index (χ1v) is 2.16. The minimum Gasteiger partial charge on any atom is -0.288 e. The number of nitrogens with one attached hydrogen (secondary N) is 1. The van der Waals surface area contributed by atoms with Crippen LogP contribution in [0.25, 0.3) is 0 Å². The zero-order valence-corrected chi connectivity index (χ0v) is 4.64. The van der Waals surface area contributed by atoms with E-state index in [0.29, 0.717) is 0 Å². The maximum Gasteiger partial charge on any atom is 0.409 e. The van der Waals surface area contributed by atoms with Gasteiger partial charge >= 0.3 is 6.18 Å². The third-order valence-electron chi connectivity index (χ3n) is 0.534. The Kier molecular flexibility index (Phi) is 2.88. The first kappa shape index (κ1) is 8.96. The molecule has 0 saturated heterocycles. The lowest BCUT2D eigenvalue weighted by Gasteiger charge is -1.95. The van der Waals surface area contributed by atoms with Crippen molar-refractivity contribution >= 4 is 5.91 Å². The summed E-state index contributed by atoms with van der Waals surface area (Å²) in [5.41, 5.74) is 1.01. The summed E-state index contributed by atoms with van der Waals surface area (Å²) in [5.74, 6) is -1.21. The van der Waals surface area contributed by atoms with E-state index in [2.05, 4.69) is 0 Å². The number of hydrogen-bond donors (Lipinski definition) is 2. The standard InChI is InChI=1S/C4H4F3NO2/c5-4(6,7)2-1-3(9)8-10/h1-2,10H,(H,8,9). The number of hydrogen-bond acceptors (Lipinski definition) is 2.